The fourth-order valence-electron chi connectivity index (χ4n) is 2.15. The van der Waals surface area contributed by atoms with Gasteiger partial charge in [0.05, 0.1) is 6.10 Å². The van der Waals surface area contributed by atoms with Gasteiger partial charge in [0.15, 0.2) is 6.67 Å². The third-order valence-corrected chi connectivity index (χ3v) is 3.03. The van der Waals surface area contributed by atoms with Crippen molar-refractivity contribution < 1.29 is 23.0 Å². The largest absolute Gasteiger partial charge is 0.490 e. The lowest BCUT2D eigenvalue weighted by Gasteiger charge is -2.19. The predicted molar refractivity (Wildman–Crippen MR) is 72.3 cm³/mol. The van der Waals surface area contributed by atoms with E-state index in [1.54, 1.807) is 0 Å². The Kier molecular flexibility index (Phi) is 5.87. The molecule has 1 rings (SSSR count). The second-order valence-electron chi connectivity index (χ2n) is 5.08. The van der Waals surface area contributed by atoms with Crippen LogP contribution in [0.25, 0.3) is 0 Å². The van der Waals surface area contributed by atoms with E-state index in [9.17, 15) is 18.3 Å². The molecule has 0 aliphatic heterocycles. The molecular formula is C15H21F3O2. The van der Waals surface area contributed by atoms with Gasteiger partial charge in [-0.3, -0.25) is 0 Å². The van der Waals surface area contributed by atoms with Crippen molar-refractivity contribution in [2.75, 3.05) is 13.3 Å². The van der Waals surface area contributed by atoms with E-state index in [0.29, 0.717) is 5.75 Å². The van der Waals surface area contributed by atoms with Crippen LogP contribution in [0.5, 0.6) is 5.75 Å². The molecule has 0 amide bonds. The minimum Gasteiger partial charge on any atom is -0.490 e. The van der Waals surface area contributed by atoms with Gasteiger partial charge in [0.1, 0.15) is 12.4 Å². The maximum Gasteiger partial charge on any atom is 0.278 e. The number of hydrogen-bond donors (Lipinski definition) is 1. The molecule has 0 heterocycles. The summed E-state index contributed by atoms with van der Waals surface area (Å²) in [5.74, 6) is -2.89. The van der Waals surface area contributed by atoms with E-state index >= 15 is 0 Å². The Labute approximate surface area is 117 Å². The summed E-state index contributed by atoms with van der Waals surface area (Å²) in [7, 11) is 0. The van der Waals surface area contributed by atoms with Crippen LogP contribution in [0.2, 0.25) is 0 Å². The van der Waals surface area contributed by atoms with E-state index in [0.717, 1.165) is 23.1 Å². The Morgan fingerprint density at radius 1 is 1.30 bits per heavy atom. The van der Waals surface area contributed by atoms with Crippen LogP contribution in [-0.2, 0) is 6.42 Å². The molecule has 0 aliphatic rings. The van der Waals surface area contributed by atoms with Crippen molar-refractivity contribution in [2.45, 2.75) is 45.6 Å². The molecule has 0 saturated carbocycles. The fraction of sp³-hybridized carbons (Fsp3) is 0.600. The van der Waals surface area contributed by atoms with Gasteiger partial charge >= 0.3 is 0 Å². The third kappa shape index (κ3) is 4.71. The smallest absolute Gasteiger partial charge is 0.278 e. The standard InChI is InChI=1S/C15H21F3O2/c1-4-12-6-10(2)5-11(3)14(12)20-8-13(19)7-15(17,18)9-16/h5-6,13,19H,4,7-9H2,1-3H3. The van der Waals surface area contributed by atoms with Crippen LogP contribution in [0.3, 0.4) is 0 Å². The van der Waals surface area contributed by atoms with Gasteiger partial charge in [0.25, 0.3) is 5.92 Å². The topological polar surface area (TPSA) is 29.5 Å². The van der Waals surface area contributed by atoms with E-state index < -0.39 is 25.1 Å². The van der Waals surface area contributed by atoms with Crippen molar-refractivity contribution in [3.8, 4) is 5.75 Å². The normalized spacial score (nSPS) is 13.3. The summed E-state index contributed by atoms with van der Waals surface area (Å²) in [6.07, 6.45) is -1.59. The second kappa shape index (κ2) is 6.97. The van der Waals surface area contributed by atoms with Crippen molar-refractivity contribution >= 4 is 0 Å². The fourth-order valence-corrected chi connectivity index (χ4v) is 2.15. The molecule has 2 nitrogen and oxygen atoms in total. The van der Waals surface area contributed by atoms with Gasteiger partial charge in [-0.05, 0) is 31.4 Å². The molecule has 0 bridgehead atoms. The van der Waals surface area contributed by atoms with Crippen LogP contribution in [0.1, 0.15) is 30.0 Å². The first-order chi connectivity index (χ1) is 9.29. The molecule has 1 unspecified atom stereocenters. The Morgan fingerprint density at radius 3 is 2.50 bits per heavy atom. The summed E-state index contributed by atoms with van der Waals surface area (Å²) >= 11 is 0. The molecule has 20 heavy (non-hydrogen) atoms. The first-order valence-electron chi connectivity index (χ1n) is 6.64. The number of aliphatic hydroxyl groups excluding tert-OH is 1. The van der Waals surface area contributed by atoms with Crippen LogP contribution >= 0.6 is 0 Å². The number of alkyl halides is 3. The summed E-state index contributed by atoms with van der Waals surface area (Å²) in [4.78, 5) is 0. The zero-order valence-electron chi connectivity index (χ0n) is 12.0. The minimum atomic E-state index is -3.50. The maximum absolute atomic E-state index is 12.8. The van der Waals surface area contributed by atoms with Crippen LogP contribution < -0.4 is 4.74 Å². The molecule has 1 aromatic rings. The first-order valence-corrected chi connectivity index (χ1v) is 6.64. The average molecular weight is 290 g/mol. The summed E-state index contributed by atoms with van der Waals surface area (Å²) in [6.45, 7) is 3.76. The van der Waals surface area contributed by atoms with E-state index in [1.807, 2.05) is 32.9 Å². The van der Waals surface area contributed by atoms with Crippen molar-refractivity contribution in [1.82, 2.24) is 0 Å². The molecule has 114 valence electrons. The number of hydrogen-bond acceptors (Lipinski definition) is 2. The number of aliphatic hydroxyl groups is 1. The molecule has 0 aromatic heterocycles. The average Bonchev–Trinajstić information content (AvgIpc) is 2.36. The van der Waals surface area contributed by atoms with E-state index in [2.05, 4.69) is 0 Å². The highest BCUT2D eigenvalue weighted by atomic mass is 19.3. The Bertz CT molecular complexity index is 447. The Morgan fingerprint density at radius 2 is 1.95 bits per heavy atom. The molecule has 0 radical (unpaired) electrons. The van der Waals surface area contributed by atoms with Crippen molar-refractivity contribution in [3.05, 3.63) is 28.8 Å². The van der Waals surface area contributed by atoms with Gasteiger partial charge < -0.3 is 9.84 Å². The van der Waals surface area contributed by atoms with Crippen LogP contribution in [0.15, 0.2) is 12.1 Å². The van der Waals surface area contributed by atoms with Crippen molar-refractivity contribution in [2.24, 2.45) is 0 Å². The summed E-state index contributed by atoms with van der Waals surface area (Å²) in [6, 6.07) is 3.89. The number of benzene rings is 1. The number of ether oxygens (including phenoxy) is 1. The van der Waals surface area contributed by atoms with E-state index in [4.69, 9.17) is 4.74 Å². The van der Waals surface area contributed by atoms with Gasteiger partial charge in [-0.1, -0.05) is 24.6 Å². The Hall–Kier alpha value is -1.23. The third-order valence-electron chi connectivity index (χ3n) is 3.03. The summed E-state index contributed by atoms with van der Waals surface area (Å²) in [5, 5.41) is 9.51. The van der Waals surface area contributed by atoms with Gasteiger partial charge in [-0.25, -0.2) is 13.2 Å². The maximum atomic E-state index is 12.8. The minimum absolute atomic E-state index is 0.271. The lowest BCUT2D eigenvalue weighted by atomic mass is 10.0. The molecule has 0 spiro atoms. The van der Waals surface area contributed by atoms with Crippen molar-refractivity contribution in [1.29, 1.82) is 0 Å². The van der Waals surface area contributed by atoms with Gasteiger partial charge in [-0.2, -0.15) is 0 Å². The van der Waals surface area contributed by atoms with Crippen LogP contribution in [0.4, 0.5) is 13.2 Å². The summed E-state index contributed by atoms with van der Waals surface area (Å²) in [5.41, 5.74) is 2.95. The van der Waals surface area contributed by atoms with Crippen LogP contribution in [-0.4, -0.2) is 30.4 Å². The zero-order chi connectivity index (χ0) is 15.3. The molecule has 0 saturated heterocycles. The van der Waals surface area contributed by atoms with E-state index in [1.165, 1.54) is 0 Å². The monoisotopic (exact) mass is 290 g/mol. The lowest BCUT2D eigenvalue weighted by molar-refractivity contribution is -0.0680. The molecular weight excluding hydrogens is 269 g/mol. The molecule has 0 aliphatic carbocycles. The molecule has 0 fully saturated rings. The quantitative estimate of drug-likeness (QED) is 0.831. The highest BCUT2D eigenvalue weighted by Gasteiger charge is 2.32. The number of halogens is 3. The van der Waals surface area contributed by atoms with E-state index in [-0.39, 0.29) is 6.61 Å². The summed E-state index contributed by atoms with van der Waals surface area (Å²) < 4.78 is 43.1. The predicted octanol–water partition coefficient (Wildman–Crippen LogP) is 3.60. The highest BCUT2D eigenvalue weighted by molar-refractivity contribution is 5.43. The Balaban J connectivity index is 2.70. The zero-order valence-corrected chi connectivity index (χ0v) is 12.0. The first kappa shape index (κ1) is 16.8. The molecule has 1 N–H and O–H groups in total. The van der Waals surface area contributed by atoms with Crippen molar-refractivity contribution in [3.63, 3.8) is 0 Å². The molecule has 1 aromatic carbocycles. The second-order valence-corrected chi connectivity index (χ2v) is 5.08. The van der Waals surface area contributed by atoms with Gasteiger partial charge in [-0.15, -0.1) is 0 Å². The highest BCUT2D eigenvalue weighted by Crippen LogP contribution is 2.27. The lowest BCUT2D eigenvalue weighted by Crippen LogP contribution is -2.30. The van der Waals surface area contributed by atoms with Gasteiger partial charge in [0, 0.05) is 6.42 Å². The molecule has 1 atom stereocenters. The molecule has 5 heteroatoms. The SMILES string of the molecule is CCc1cc(C)cc(C)c1OCC(O)CC(F)(F)CF. The number of aryl methyl sites for hydroxylation is 3. The van der Waals surface area contributed by atoms with Crippen LogP contribution in [0, 0.1) is 13.8 Å². The number of rotatable bonds is 7. The van der Waals surface area contributed by atoms with Gasteiger partial charge in [0.2, 0.25) is 0 Å².